The minimum absolute atomic E-state index is 0. The number of benzene rings is 2. The summed E-state index contributed by atoms with van der Waals surface area (Å²) in [6, 6.07) is 11.1. The largest absolute Gasteiger partial charge is 0.494 e. The SMILES string of the molecule is CNc1nc(N(C)[C@H]2C[C@@H](NCc3ccc(-c4cc(F)c(F)c(OC)c4)cc3)C[C@H]2O)c2cc(CC(F)(F)F)sc2n1.Cl. The molecule has 1 fully saturated rings. The average molecular weight is 644 g/mol. The van der Waals surface area contributed by atoms with Gasteiger partial charge in [0, 0.05) is 31.6 Å². The number of halogens is 6. The average Bonchev–Trinajstić information content (AvgIpc) is 3.53. The summed E-state index contributed by atoms with van der Waals surface area (Å²) in [5.74, 6) is -1.43. The van der Waals surface area contributed by atoms with Gasteiger partial charge in [-0.05, 0) is 47.7 Å². The Kier molecular flexibility index (Phi) is 10.00. The van der Waals surface area contributed by atoms with Gasteiger partial charge in [0.2, 0.25) is 11.8 Å². The predicted octanol–water partition coefficient (Wildman–Crippen LogP) is 6.33. The summed E-state index contributed by atoms with van der Waals surface area (Å²) in [6.07, 6.45) is -4.99. The van der Waals surface area contributed by atoms with Crippen LogP contribution in [0, 0.1) is 11.6 Å². The third-order valence-corrected chi connectivity index (χ3v) is 8.48. The number of fused-ring (bicyclic) bond motifs is 1. The number of alkyl halides is 3. The van der Waals surface area contributed by atoms with Gasteiger partial charge in [0.15, 0.2) is 11.6 Å². The molecule has 14 heteroatoms. The van der Waals surface area contributed by atoms with E-state index in [-0.39, 0.29) is 41.1 Å². The number of rotatable bonds is 9. The second-order valence-corrected chi connectivity index (χ2v) is 11.4. The first-order valence-electron chi connectivity index (χ1n) is 13.3. The fourth-order valence-corrected chi connectivity index (χ4v) is 6.36. The number of hydrogen-bond acceptors (Lipinski definition) is 8. The number of anilines is 2. The van der Waals surface area contributed by atoms with Crippen molar-refractivity contribution in [2.45, 2.75) is 50.2 Å². The number of thiophene rings is 1. The van der Waals surface area contributed by atoms with Crippen molar-refractivity contribution in [3.05, 3.63) is 64.5 Å². The van der Waals surface area contributed by atoms with Crippen LogP contribution in [0.25, 0.3) is 21.3 Å². The molecule has 5 rings (SSSR count). The van der Waals surface area contributed by atoms with Gasteiger partial charge in [0.05, 0.1) is 31.1 Å². The van der Waals surface area contributed by atoms with Crippen LogP contribution in [0.15, 0.2) is 42.5 Å². The van der Waals surface area contributed by atoms with E-state index >= 15 is 0 Å². The predicted molar refractivity (Wildman–Crippen MR) is 160 cm³/mol. The highest BCUT2D eigenvalue weighted by molar-refractivity contribution is 7.18. The maximum Gasteiger partial charge on any atom is 0.393 e. The van der Waals surface area contributed by atoms with E-state index in [1.165, 1.54) is 19.2 Å². The maximum atomic E-state index is 13.9. The molecular weight excluding hydrogens is 613 g/mol. The Hall–Kier alpha value is -3.26. The Balaban J connectivity index is 0.00000423. The number of hydrogen-bond donors (Lipinski definition) is 3. The summed E-state index contributed by atoms with van der Waals surface area (Å²) in [5.41, 5.74) is 2.16. The number of likely N-dealkylation sites (N-methyl/N-ethyl adjacent to an activating group) is 1. The number of aromatic nitrogens is 2. The molecule has 1 aliphatic rings. The highest BCUT2D eigenvalue weighted by atomic mass is 35.5. The molecule has 2 aromatic carbocycles. The lowest BCUT2D eigenvalue weighted by Crippen LogP contribution is -2.38. The molecule has 2 aromatic heterocycles. The molecule has 0 saturated heterocycles. The van der Waals surface area contributed by atoms with Crippen molar-refractivity contribution in [1.29, 1.82) is 0 Å². The van der Waals surface area contributed by atoms with E-state index in [2.05, 4.69) is 20.6 Å². The number of ether oxygens (including phenoxy) is 1. The van der Waals surface area contributed by atoms with Crippen molar-refractivity contribution in [1.82, 2.24) is 15.3 Å². The summed E-state index contributed by atoms with van der Waals surface area (Å²) >= 11 is 0.983. The molecule has 3 N–H and O–H groups in total. The molecule has 4 aromatic rings. The van der Waals surface area contributed by atoms with Gasteiger partial charge in [0.1, 0.15) is 10.6 Å². The van der Waals surface area contributed by atoms with Crippen LogP contribution < -0.4 is 20.3 Å². The van der Waals surface area contributed by atoms with Crippen molar-refractivity contribution < 1.29 is 31.8 Å². The van der Waals surface area contributed by atoms with E-state index < -0.39 is 30.3 Å². The summed E-state index contributed by atoms with van der Waals surface area (Å²) in [6.45, 7) is 0.516. The Labute approximate surface area is 255 Å². The van der Waals surface area contributed by atoms with Gasteiger partial charge in [-0.15, -0.1) is 23.7 Å². The normalized spacial score (nSPS) is 18.5. The van der Waals surface area contributed by atoms with Crippen LogP contribution in [0.1, 0.15) is 23.3 Å². The van der Waals surface area contributed by atoms with Gasteiger partial charge in [0.25, 0.3) is 0 Å². The molecule has 0 unspecified atom stereocenters. The third-order valence-electron chi connectivity index (χ3n) is 7.45. The number of nitrogens with zero attached hydrogens (tertiary/aromatic N) is 3. The van der Waals surface area contributed by atoms with Crippen LogP contribution in [-0.4, -0.2) is 60.6 Å². The smallest absolute Gasteiger partial charge is 0.393 e. The van der Waals surface area contributed by atoms with Gasteiger partial charge < -0.3 is 25.4 Å². The molecular formula is C29H31ClF5N5O2S. The molecule has 1 saturated carbocycles. The molecule has 0 amide bonds. The first-order valence-corrected chi connectivity index (χ1v) is 14.1. The van der Waals surface area contributed by atoms with Crippen molar-refractivity contribution in [3.8, 4) is 16.9 Å². The van der Waals surface area contributed by atoms with Crippen molar-refractivity contribution in [3.63, 3.8) is 0 Å². The highest BCUT2D eigenvalue weighted by Crippen LogP contribution is 2.37. The van der Waals surface area contributed by atoms with Crippen LogP contribution in [0.2, 0.25) is 0 Å². The number of aliphatic hydroxyl groups excluding tert-OH is 1. The van der Waals surface area contributed by atoms with Crippen molar-refractivity contribution in [2.75, 3.05) is 31.4 Å². The zero-order chi connectivity index (χ0) is 30.2. The van der Waals surface area contributed by atoms with Crippen LogP contribution in [0.3, 0.4) is 0 Å². The van der Waals surface area contributed by atoms with Crippen molar-refractivity contribution in [2.24, 2.45) is 0 Å². The highest BCUT2D eigenvalue weighted by Gasteiger charge is 2.37. The van der Waals surface area contributed by atoms with E-state index in [4.69, 9.17) is 4.74 Å². The molecule has 3 atom stereocenters. The van der Waals surface area contributed by atoms with Crippen LogP contribution in [-0.2, 0) is 13.0 Å². The van der Waals surface area contributed by atoms with Gasteiger partial charge >= 0.3 is 6.18 Å². The molecule has 43 heavy (non-hydrogen) atoms. The Morgan fingerprint density at radius 1 is 1.07 bits per heavy atom. The zero-order valence-electron chi connectivity index (χ0n) is 23.5. The maximum absolute atomic E-state index is 13.9. The van der Waals surface area contributed by atoms with Crippen molar-refractivity contribution >= 4 is 45.7 Å². The molecule has 1 aliphatic carbocycles. The van der Waals surface area contributed by atoms with E-state index in [9.17, 15) is 27.1 Å². The van der Waals surface area contributed by atoms with E-state index in [0.717, 1.165) is 23.0 Å². The molecule has 232 valence electrons. The lowest BCUT2D eigenvalue weighted by atomic mass is 10.0. The van der Waals surface area contributed by atoms with Gasteiger partial charge in [-0.1, -0.05) is 24.3 Å². The standard InChI is InChI=1S/C29H30F5N5O2S.ClH/c1-35-28-37-26(20-12-19(13-29(32,33)34)42-27(20)38-28)39(2)22-10-18(11-23(22)40)36-14-15-4-6-16(7-5-15)17-8-21(30)25(31)24(9-17)41-3;/h4-9,12,18,22-23,36,40H,10-11,13-14H2,1-3H3,(H,35,37,38);1H/t18-,22+,23-;/m1./s1. The third kappa shape index (κ3) is 7.28. The quantitative estimate of drug-likeness (QED) is 0.184. The number of nitrogens with one attached hydrogen (secondary N) is 2. The van der Waals surface area contributed by atoms with Crippen LogP contribution in [0.4, 0.5) is 33.7 Å². The summed E-state index contributed by atoms with van der Waals surface area (Å²) in [5, 5.41) is 17.8. The molecule has 0 radical (unpaired) electrons. The van der Waals surface area contributed by atoms with Gasteiger partial charge in [-0.25, -0.2) is 9.37 Å². The molecule has 0 bridgehead atoms. The first kappa shape index (κ1) is 32.6. The molecule has 7 nitrogen and oxygen atoms in total. The minimum atomic E-state index is -4.33. The molecule has 2 heterocycles. The Bertz CT molecular complexity index is 1570. The van der Waals surface area contributed by atoms with Crippen LogP contribution in [0.5, 0.6) is 5.75 Å². The van der Waals surface area contributed by atoms with E-state index in [1.807, 2.05) is 29.2 Å². The fraction of sp³-hybridized carbons (Fsp3) is 0.379. The number of aliphatic hydroxyl groups is 1. The molecule has 0 aliphatic heterocycles. The Morgan fingerprint density at radius 2 is 1.79 bits per heavy atom. The Morgan fingerprint density at radius 3 is 2.44 bits per heavy atom. The van der Waals surface area contributed by atoms with E-state index in [0.29, 0.717) is 46.5 Å². The van der Waals surface area contributed by atoms with Crippen LogP contribution >= 0.6 is 23.7 Å². The lowest BCUT2D eigenvalue weighted by Gasteiger charge is -2.29. The molecule has 0 spiro atoms. The van der Waals surface area contributed by atoms with E-state index in [1.54, 1.807) is 14.1 Å². The second-order valence-electron chi connectivity index (χ2n) is 10.3. The fourth-order valence-electron chi connectivity index (χ4n) is 5.31. The minimum Gasteiger partial charge on any atom is -0.494 e. The summed E-state index contributed by atoms with van der Waals surface area (Å²) < 4.78 is 71.8. The van der Waals surface area contributed by atoms with Gasteiger partial charge in [-0.3, -0.25) is 0 Å². The topological polar surface area (TPSA) is 82.5 Å². The monoisotopic (exact) mass is 643 g/mol. The summed E-state index contributed by atoms with van der Waals surface area (Å²) in [4.78, 5) is 11.3. The number of methoxy groups -OCH3 is 1. The second kappa shape index (κ2) is 13.2. The zero-order valence-corrected chi connectivity index (χ0v) is 25.1. The van der Waals surface area contributed by atoms with Gasteiger partial charge in [-0.2, -0.15) is 22.5 Å². The first-order chi connectivity index (χ1) is 20.0. The summed E-state index contributed by atoms with van der Waals surface area (Å²) in [7, 11) is 4.70. The lowest BCUT2D eigenvalue weighted by molar-refractivity contribution is -0.126.